The van der Waals surface area contributed by atoms with E-state index in [2.05, 4.69) is 23.2 Å². The molecule has 0 aliphatic carbocycles. The lowest BCUT2D eigenvalue weighted by Crippen LogP contribution is -2.48. The maximum Gasteiger partial charge on any atom is 0.238 e. The molecule has 1 aliphatic heterocycles. The first-order valence-electron chi connectivity index (χ1n) is 6.84. The zero-order chi connectivity index (χ0) is 14.4. The van der Waals surface area contributed by atoms with Gasteiger partial charge in [-0.1, -0.05) is 13.0 Å². The zero-order valence-electron chi connectivity index (χ0n) is 11.6. The maximum atomic E-state index is 12.1. The third-order valence-corrected chi connectivity index (χ3v) is 3.44. The van der Waals surface area contributed by atoms with E-state index in [0.717, 1.165) is 13.0 Å². The quantitative estimate of drug-likeness (QED) is 0.905. The van der Waals surface area contributed by atoms with Crippen molar-refractivity contribution in [1.29, 1.82) is 5.26 Å². The van der Waals surface area contributed by atoms with Crippen LogP contribution in [0.1, 0.15) is 18.9 Å². The Bertz CT molecular complexity index is 510. The van der Waals surface area contributed by atoms with Gasteiger partial charge in [0.2, 0.25) is 5.91 Å². The van der Waals surface area contributed by atoms with Crippen LogP contribution in [0.4, 0.5) is 5.69 Å². The topological polar surface area (TPSA) is 65.4 Å². The normalized spacial score (nSPS) is 19.3. The third-order valence-electron chi connectivity index (χ3n) is 3.44. The smallest absolute Gasteiger partial charge is 0.238 e. The van der Waals surface area contributed by atoms with Crippen molar-refractivity contribution < 1.29 is 9.53 Å². The fraction of sp³-hybridized carbons (Fsp3) is 0.467. The molecule has 1 N–H and O–H groups in total. The second-order valence-electron chi connectivity index (χ2n) is 4.85. The van der Waals surface area contributed by atoms with E-state index in [1.54, 1.807) is 24.3 Å². The molecule has 0 aromatic heterocycles. The largest absolute Gasteiger partial charge is 0.378 e. The number of carbonyl (C=O) groups is 1. The van der Waals surface area contributed by atoms with Crippen LogP contribution in [0.3, 0.4) is 0 Å². The van der Waals surface area contributed by atoms with Crippen LogP contribution in [-0.4, -0.2) is 43.2 Å². The van der Waals surface area contributed by atoms with E-state index < -0.39 is 0 Å². The molecule has 1 atom stereocenters. The summed E-state index contributed by atoms with van der Waals surface area (Å²) in [6.45, 7) is 4.60. The van der Waals surface area contributed by atoms with Crippen molar-refractivity contribution in [2.24, 2.45) is 0 Å². The first kappa shape index (κ1) is 14.5. The second-order valence-corrected chi connectivity index (χ2v) is 4.85. The highest BCUT2D eigenvalue weighted by Crippen LogP contribution is 2.12. The minimum atomic E-state index is -0.0551. The lowest BCUT2D eigenvalue weighted by atomic mass is 10.1. The van der Waals surface area contributed by atoms with Gasteiger partial charge in [-0.25, -0.2) is 0 Å². The molecule has 5 nitrogen and oxygen atoms in total. The number of rotatable bonds is 4. The number of amides is 1. The second kappa shape index (κ2) is 7.04. The van der Waals surface area contributed by atoms with E-state index in [1.807, 2.05) is 0 Å². The third kappa shape index (κ3) is 3.80. The van der Waals surface area contributed by atoms with Crippen molar-refractivity contribution in [2.45, 2.75) is 19.4 Å². The molecule has 1 heterocycles. The number of ether oxygens (including phenoxy) is 1. The lowest BCUT2D eigenvalue weighted by molar-refractivity contribution is -0.119. The highest BCUT2D eigenvalue weighted by Gasteiger charge is 2.23. The predicted octanol–water partition coefficient (Wildman–Crippen LogP) is 1.61. The number of morpholine rings is 1. The van der Waals surface area contributed by atoms with Gasteiger partial charge < -0.3 is 10.1 Å². The highest BCUT2D eigenvalue weighted by molar-refractivity contribution is 5.92. The van der Waals surface area contributed by atoms with E-state index in [4.69, 9.17) is 10.00 Å². The summed E-state index contributed by atoms with van der Waals surface area (Å²) in [4.78, 5) is 14.2. The summed E-state index contributed by atoms with van der Waals surface area (Å²) >= 11 is 0. The first-order valence-corrected chi connectivity index (χ1v) is 6.84. The van der Waals surface area contributed by atoms with Crippen molar-refractivity contribution in [3.05, 3.63) is 29.8 Å². The van der Waals surface area contributed by atoms with Gasteiger partial charge in [-0.15, -0.1) is 0 Å². The maximum absolute atomic E-state index is 12.1. The van der Waals surface area contributed by atoms with Gasteiger partial charge in [-0.2, -0.15) is 5.26 Å². The van der Waals surface area contributed by atoms with Gasteiger partial charge in [0.25, 0.3) is 0 Å². The highest BCUT2D eigenvalue weighted by atomic mass is 16.5. The average Bonchev–Trinajstić information content (AvgIpc) is 2.48. The Kier molecular flexibility index (Phi) is 5.10. The summed E-state index contributed by atoms with van der Waals surface area (Å²) in [5, 5.41) is 11.7. The summed E-state index contributed by atoms with van der Waals surface area (Å²) in [6, 6.07) is 9.30. The molecule has 1 amide bonds. The Morgan fingerprint density at radius 3 is 3.20 bits per heavy atom. The fourth-order valence-corrected chi connectivity index (χ4v) is 2.32. The first-order chi connectivity index (χ1) is 9.72. The monoisotopic (exact) mass is 273 g/mol. The number of benzene rings is 1. The minimum absolute atomic E-state index is 0.0551. The number of anilines is 1. The molecule has 1 aliphatic rings. The van der Waals surface area contributed by atoms with E-state index in [1.165, 1.54) is 0 Å². The molecule has 1 unspecified atom stereocenters. The molecule has 1 saturated heterocycles. The van der Waals surface area contributed by atoms with Crippen LogP contribution in [0.25, 0.3) is 0 Å². The predicted molar refractivity (Wildman–Crippen MR) is 76.3 cm³/mol. The molecule has 0 spiro atoms. The summed E-state index contributed by atoms with van der Waals surface area (Å²) < 4.78 is 5.42. The Balaban J connectivity index is 1.93. The van der Waals surface area contributed by atoms with Crippen molar-refractivity contribution in [2.75, 3.05) is 31.6 Å². The van der Waals surface area contributed by atoms with Crippen LogP contribution < -0.4 is 5.32 Å². The van der Waals surface area contributed by atoms with Crippen molar-refractivity contribution in [1.82, 2.24) is 4.90 Å². The van der Waals surface area contributed by atoms with Crippen LogP contribution >= 0.6 is 0 Å². The number of hydrogen-bond donors (Lipinski definition) is 1. The van der Waals surface area contributed by atoms with Gasteiger partial charge in [-0.05, 0) is 24.6 Å². The molecular formula is C15H19N3O2. The van der Waals surface area contributed by atoms with Gasteiger partial charge in [0.05, 0.1) is 31.4 Å². The molecule has 0 radical (unpaired) electrons. The molecule has 5 heteroatoms. The standard InChI is InChI=1S/C15H19N3O2/c1-2-14-11-20-7-6-18(14)10-15(19)17-13-5-3-4-12(8-13)9-16/h3-5,8,14H,2,6-7,10-11H2,1H3,(H,17,19). The number of nitriles is 1. The Labute approximate surface area is 119 Å². The number of nitrogens with zero attached hydrogens (tertiary/aromatic N) is 2. The van der Waals surface area contributed by atoms with E-state index in [-0.39, 0.29) is 5.91 Å². The number of nitrogens with one attached hydrogen (secondary N) is 1. The summed E-state index contributed by atoms with van der Waals surface area (Å²) in [5.74, 6) is -0.0551. The number of hydrogen-bond acceptors (Lipinski definition) is 4. The van der Waals surface area contributed by atoms with Crippen LogP contribution in [-0.2, 0) is 9.53 Å². The Morgan fingerprint density at radius 1 is 1.60 bits per heavy atom. The zero-order valence-corrected chi connectivity index (χ0v) is 11.6. The van der Waals surface area contributed by atoms with Crippen LogP contribution in [0.5, 0.6) is 0 Å². The van der Waals surface area contributed by atoms with Gasteiger partial charge in [0.15, 0.2) is 0 Å². The molecule has 1 aromatic carbocycles. The minimum Gasteiger partial charge on any atom is -0.378 e. The van der Waals surface area contributed by atoms with E-state index in [0.29, 0.717) is 37.1 Å². The lowest BCUT2D eigenvalue weighted by Gasteiger charge is -2.34. The molecular weight excluding hydrogens is 254 g/mol. The SMILES string of the molecule is CCC1COCCN1CC(=O)Nc1cccc(C#N)c1. The van der Waals surface area contributed by atoms with Gasteiger partial charge in [-0.3, -0.25) is 9.69 Å². The van der Waals surface area contributed by atoms with Crippen molar-refractivity contribution in [3.63, 3.8) is 0 Å². The summed E-state index contributed by atoms with van der Waals surface area (Å²) in [6.07, 6.45) is 0.969. The van der Waals surface area contributed by atoms with Crippen molar-refractivity contribution in [3.8, 4) is 6.07 Å². The molecule has 1 aromatic rings. The molecule has 1 fully saturated rings. The average molecular weight is 273 g/mol. The van der Waals surface area contributed by atoms with Gasteiger partial charge in [0.1, 0.15) is 0 Å². The Morgan fingerprint density at radius 2 is 2.45 bits per heavy atom. The van der Waals surface area contributed by atoms with Gasteiger partial charge in [0, 0.05) is 18.3 Å². The van der Waals surface area contributed by atoms with Crippen LogP contribution in [0.15, 0.2) is 24.3 Å². The molecule has 106 valence electrons. The number of carbonyl (C=O) groups excluding carboxylic acids is 1. The van der Waals surface area contributed by atoms with Gasteiger partial charge >= 0.3 is 0 Å². The fourth-order valence-electron chi connectivity index (χ4n) is 2.32. The van der Waals surface area contributed by atoms with Crippen LogP contribution in [0.2, 0.25) is 0 Å². The van der Waals surface area contributed by atoms with Crippen LogP contribution in [0, 0.1) is 11.3 Å². The van der Waals surface area contributed by atoms with Crippen molar-refractivity contribution >= 4 is 11.6 Å². The molecule has 0 saturated carbocycles. The molecule has 20 heavy (non-hydrogen) atoms. The molecule has 2 rings (SSSR count). The van der Waals surface area contributed by atoms with E-state index >= 15 is 0 Å². The molecule has 0 bridgehead atoms. The summed E-state index contributed by atoms with van der Waals surface area (Å²) in [5.41, 5.74) is 1.20. The summed E-state index contributed by atoms with van der Waals surface area (Å²) in [7, 11) is 0. The Hall–Kier alpha value is -1.90. The van der Waals surface area contributed by atoms with E-state index in [9.17, 15) is 4.79 Å².